The SMILES string of the molecule is CC(C)NC(=O)c1cnnc(Cl)c1. The van der Waals surface area contributed by atoms with Crippen LogP contribution in [-0.4, -0.2) is 22.1 Å². The molecule has 0 aromatic carbocycles. The predicted molar refractivity (Wildman–Crippen MR) is 49.6 cm³/mol. The van der Waals surface area contributed by atoms with Gasteiger partial charge in [0.1, 0.15) is 0 Å². The van der Waals surface area contributed by atoms with E-state index in [0.29, 0.717) is 5.56 Å². The first kappa shape index (κ1) is 9.92. The normalized spacial score (nSPS) is 10.2. The molecule has 0 spiro atoms. The zero-order valence-electron chi connectivity index (χ0n) is 7.41. The molecule has 0 aliphatic heterocycles. The predicted octanol–water partition coefficient (Wildman–Crippen LogP) is 1.27. The molecule has 1 N–H and O–H groups in total. The molecule has 4 nitrogen and oxygen atoms in total. The summed E-state index contributed by atoms with van der Waals surface area (Å²) in [5.74, 6) is -0.188. The Morgan fingerprint density at radius 3 is 2.85 bits per heavy atom. The molecule has 70 valence electrons. The average molecular weight is 200 g/mol. The number of halogens is 1. The molecule has 0 saturated heterocycles. The zero-order chi connectivity index (χ0) is 9.84. The van der Waals surface area contributed by atoms with E-state index in [4.69, 9.17) is 11.6 Å². The Labute approximate surface area is 81.3 Å². The van der Waals surface area contributed by atoms with Crippen LogP contribution in [0.15, 0.2) is 12.3 Å². The van der Waals surface area contributed by atoms with Gasteiger partial charge in [-0.1, -0.05) is 11.6 Å². The minimum atomic E-state index is -0.188. The Hall–Kier alpha value is -1.16. The molecular weight excluding hydrogens is 190 g/mol. The van der Waals surface area contributed by atoms with Crippen LogP contribution >= 0.6 is 11.6 Å². The van der Waals surface area contributed by atoms with Crippen molar-refractivity contribution in [2.75, 3.05) is 0 Å². The van der Waals surface area contributed by atoms with E-state index in [1.54, 1.807) is 0 Å². The van der Waals surface area contributed by atoms with Gasteiger partial charge >= 0.3 is 0 Å². The van der Waals surface area contributed by atoms with Crippen molar-refractivity contribution in [2.24, 2.45) is 0 Å². The maximum absolute atomic E-state index is 11.4. The number of nitrogens with one attached hydrogen (secondary N) is 1. The first-order valence-corrected chi connectivity index (χ1v) is 4.26. The molecule has 0 aliphatic carbocycles. The molecule has 0 saturated carbocycles. The second kappa shape index (κ2) is 4.18. The van der Waals surface area contributed by atoms with Gasteiger partial charge < -0.3 is 5.32 Å². The Morgan fingerprint density at radius 1 is 1.62 bits per heavy atom. The largest absolute Gasteiger partial charge is 0.350 e. The molecule has 13 heavy (non-hydrogen) atoms. The third kappa shape index (κ3) is 2.99. The van der Waals surface area contributed by atoms with Gasteiger partial charge in [-0.05, 0) is 19.9 Å². The minimum Gasteiger partial charge on any atom is -0.350 e. The molecular formula is C8H10ClN3O. The summed E-state index contributed by atoms with van der Waals surface area (Å²) in [6, 6.07) is 1.58. The molecule has 1 rings (SSSR count). The Bertz CT molecular complexity index is 314. The fourth-order valence-corrected chi connectivity index (χ4v) is 0.972. The molecule has 0 atom stereocenters. The highest BCUT2D eigenvalue weighted by Crippen LogP contribution is 2.04. The highest BCUT2D eigenvalue weighted by atomic mass is 35.5. The van der Waals surface area contributed by atoms with Crippen LogP contribution in [0.2, 0.25) is 5.15 Å². The third-order valence-electron chi connectivity index (χ3n) is 1.31. The monoisotopic (exact) mass is 199 g/mol. The van der Waals surface area contributed by atoms with Gasteiger partial charge in [0, 0.05) is 6.04 Å². The number of hydrogen-bond acceptors (Lipinski definition) is 3. The fourth-order valence-electron chi connectivity index (χ4n) is 0.810. The molecule has 1 aromatic heterocycles. The van der Waals surface area contributed by atoms with Crippen molar-refractivity contribution in [3.8, 4) is 0 Å². The van der Waals surface area contributed by atoms with E-state index in [1.165, 1.54) is 12.3 Å². The first-order valence-electron chi connectivity index (χ1n) is 3.88. The third-order valence-corrected chi connectivity index (χ3v) is 1.49. The molecule has 0 bridgehead atoms. The summed E-state index contributed by atoms with van der Waals surface area (Å²) in [6.07, 6.45) is 1.38. The second-order valence-electron chi connectivity index (χ2n) is 2.90. The standard InChI is InChI=1S/C8H10ClN3O/c1-5(2)11-8(13)6-3-7(9)12-10-4-6/h3-5H,1-2H3,(H,11,13). The van der Waals surface area contributed by atoms with E-state index in [1.807, 2.05) is 13.8 Å². The van der Waals surface area contributed by atoms with Gasteiger partial charge in [-0.15, -0.1) is 5.10 Å². The van der Waals surface area contributed by atoms with Crippen molar-refractivity contribution in [3.63, 3.8) is 0 Å². The molecule has 1 heterocycles. The fraction of sp³-hybridized carbons (Fsp3) is 0.375. The van der Waals surface area contributed by atoms with Crippen LogP contribution in [0.25, 0.3) is 0 Å². The van der Waals surface area contributed by atoms with Gasteiger partial charge in [0.2, 0.25) is 0 Å². The van der Waals surface area contributed by atoms with Gasteiger partial charge in [-0.3, -0.25) is 4.79 Å². The lowest BCUT2D eigenvalue weighted by molar-refractivity contribution is 0.0942. The van der Waals surface area contributed by atoms with E-state index in [-0.39, 0.29) is 17.1 Å². The van der Waals surface area contributed by atoms with Crippen LogP contribution in [0, 0.1) is 0 Å². The maximum Gasteiger partial charge on any atom is 0.253 e. The van der Waals surface area contributed by atoms with E-state index in [9.17, 15) is 4.79 Å². The van der Waals surface area contributed by atoms with E-state index in [2.05, 4.69) is 15.5 Å². The van der Waals surface area contributed by atoms with Gasteiger partial charge in [0.15, 0.2) is 5.15 Å². The highest BCUT2D eigenvalue weighted by Gasteiger charge is 2.07. The summed E-state index contributed by atoms with van der Waals surface area (Å²) in [7, 11) is 0. The summed E-state index contributed by atoms with van der Waals surface area (Å²) in [6.45, 7) is 3.77. The summed E-state index contributed by atoms with van der Waals surface area (Å²) < 4.78 is 0. The van der Waals surface area contributed by atoms with Gasteiger partial charge in [0.25, 0.3) is 5.91 Å². The van der Waals surface area contributed by atoms with Crippen molar-refractivity contribution < 1.29 is 4.79 Å². The number of rotatable bonds is 2. The van der Waals surface area contributed by atoms with Gasteiger partial charge in [0.05, 0.1) is 11.8 Å². The van der Waals surface area contributed by atoms with Crippen molar-refractivity contribution in [1.82, 2.24) is 15.5 Å². The molecule has 0 unspecified atom stereocenters. The summed E-state index contributed by atoms with van der Waals surface area (Å²) in [4.78, 5) is 11.4. The topological polar surface area (TPSA) is 54.9 Å². The van der Waals surface area contributed by atoms with Gasteiger partial charge in [-0.2, -0.15) is 5.10 Å². The lowest BCUT2D eigenvalue weighted by atomic mass is 10.2. The van der Waals surface area contributed by atoms with E-state index in [0.717, 1.165) is 0 Å². The number of carbonyl (C=O) groups excluding carboxylic acids is 1. The lowest BCUT2D eigenvalue weighted by Gasteiger charge is -2.07. The zero-order valence-corrected chi connectivity index (χ0v) is 8.17. The van der Waals surface area contributed by atoms with Crippen molar-refractivity contribution in [1.29, 1.82) is 0 Å². The van der Waals surface area contributed by atoms with Crippen LogP contribution in [0.3, 0.4) is 0 Å². The molecule has 0 aliphatic rings. The number of carbonyl (C=O) groups is 1. The van der Waals surface area contributed by atoms with Crippen LogP contribution in [0.5, 0.6) is 0 Å². The van der Waals surface area contributed by atoms with Crippen LogP contribution in [-0.2, 0) is 0 Å². The highest BCUT2D eigenvalue weighted by molar-refractivity contribution is 6.29. The number of hydrogen-bond donors (Lipinski definition) is 1. The molecule has 1 amide bonds. The number of amides is 1. The van der Waals surface area contributed by atoms with Crippen molar-refractivity contribution in [2.45, 2.75) is 19.9 Å². The van der Waals surface area contributed by atoms with Crippen molar-refractivity contribution in [3.05, 3.63) is 23.0 Å². The Morgan fingerprint density at radius 2 is 2.31 bits per heavy atom. The average Bonchev–Trinajstić information content (AvgIpc) is 2.03. The molecule has 1 aromatic rings. The van der Waals surface area contributed by atoms with E-state index >= 15 is 0 Å². The quantitative estimate of drug-likeness (QED) is 0.781. The molecule has 0 fully saturated rings. The summed E-state index contributed by atoms with van der Waals surface area (Å²) in [5, 5.41) is 10.0. The summed E-state index contributed by atoms with van der Waals surface area (Å²) in [5.41, 5.74) is 0.425. The number of nitrogens with zero attached hydrogens (tertiary/aromatic N) is 2. The molecule has 0 radical (unpaired) electrons. The smallest absolute Gasteiger partial charge is 0.253 e. The Balaban J connectivity index is 2.77. The summed E-state index contributed by atoms with van der Waals surface area (Å²) >= 11 is 5.57. The van der Waals surface area contributed by atoms with Crippen LogP contribution in [0.1, 0.15) is 24.2 Å². The van der Waals surface area contributed by atoms with Crippen molar-refractivity contribution >= 4 is 17.5 Å². The first-order chi connectivity index (χ1) is 6.09. The van der Waals surface area contributed by atoms with Gasteiger partial charge in [-0.25, -0.2) is 0 Å². The minimum absolute atomic E-state index is 0.0967. The van der Waals surface area contributed by atoms with E-state index < -0.39 is 0 Å². The lowest BCUT2D eigenvalue weighted by Crippen LogP contribution is -2.30. The van der Waals surface area contributed by atoms with Crippen LogP contribution < -0.4 is 5.32 Å². The Kier molecular flexibility index (Phi) is 3.19. The molecule has 5 heteroatoms. The number of aromatic nitrogens is 2. The second-order valence-corrected chi connectivity index (χ2v) is 3.28. The van der Waals surface area contributed by atoms with Crippen LogP contribution in [0.4, 0.5) is 0 Å². The maximum atomic E-state index is 11.4.